The fraction of sp³-hybridized carbons (Fsp3) is 0.238. The first kappa shape index (κ1) is 18.7. The third kappa shape index (κ3) is 3.64. The lowest BCUT2D eigenvalue weighted by atomic mass is 10.2. The summed E-state index contributed by atoms with van der Waals surface area (Å²) in [5.41, 5.74) is 8.28. The third-order valence-corrected chi connectivity index (χ3v) is 6.19. The number of aromatic nitrogens is 4. The molecular weight excluding hydrogens is 398 g/mol. The van der Waals surface area contributed by atoms with Gasteiger partial charge >= 0.3 is 0 Å². The smallest absolute Gasteiger partial charge is 0.274 e. The first-order valence-corrected chi connectivity index (χ1v) is 10.7. The van der Waals surface area contributed by atoms with Crippen LogP contribution in [0.15, 0.2) is 47.8 Å². The Morgan fingerprint density at radius 3 is 2.73 bits per heavy atom. The number of hydrogen-bond donors (Lipinski definition) is 2. The van der Waals surface area contributed by atoms with Crippen LogP contribution in [0, 0.1) is 0 Å². The quantitative estimate of drug-likeness (QED) is 0.527. The molecule has 1 fully saturated rings. The Hall–Kier alpha value is -3.30. The second-order valence-electron chi connectivity index (χ2n) is 7.25. The number of carbonyl (C=O) groups is 1. The molecule has 0 radical (unpaired) electrons. The highest BCUT2D eigenvalue weighted by Crippen LogP contribution is 2.23. The Bertz CT molecular complexity index is 1180. The highest BCUT2D eigenvalue weighted by atomic mass is 32.1. The van der Waals surface area contributed by atoms with Crippen LogP contribution >= 0.6 is 11.3 Å². The number of thiophene rings is 1. The lowest BCUT2D eigenvalue weighted by molar-refractivity contribution is 0.0620. The van der Waals surface area contributed by atoms with E-state index < -0.39 is 0 Å². The lowest BCUT2D eigenvalue weighted by Gasteiger charge is -2.34. The maximum absolute atomic E-state index is 12.8. The van der Waals surface area contributed by atoms with Gasteiger partial charge in [0.15, 0.2) is 5.69 Å². The number of nitrogens with two attached hydrogens (primary N) is 1. The van der Waals surface area contributed by atoms with Crippen molar-refractivity contribution in [1.82, 2.24) is 30.0 Å². The van der Waals surface area contributed by atoms with Gasteiger partial charge in [-0.25, -0.2) is 9.97 Å². The molecule has 5 rings (SSSR count). The number of rotatable bonds is 4. The van der Waals surface area contributed by atoms with E-state index in [1.165, 1.54) is 0 Å². The maximum Gasteiger partial charge on any atom is 0.274 e. The summed E-state index contributed by atoms with van der Waals surface area (Å²) in [5.74, 6) is 1.17. The molecule has 0 atom stereocenters. The van der Waals surface area contributed by atoms with Crippen molar-refractivity contribution in [3.63, 3.8) is 0 Å². The van der Waals surface area contributed by atoms with Crippen LogP contribution in [-0.2, 0) is 6.54 Å². The molecule has 152 valence electrons. The van der Waals surface area contributed by atoms with Crippen molar-refractivity contribution in [1.29, 1.82) is 0 Å². The zero-order valence-electron chi connectivity index (χ0n) is 16.3. The summed E-state index contributed by atoms with van der Waals surface area (Å²) in [5, 5.41) is 10.1. The summed E-state index contributed by atoms with van der Waals surface area (Å²) >= 11 is 1.62. The maximum atomic E-state index is 12.8. The molecule has 1 aliphatic heterocycles. The number of aromatic amines is 1. The van der Waals surface area contributed by atoms with Gasteiger partial charge in [-0.05, 0) is 29.6 Å². The molecule has 3 N–H and O–H groups in total. The van der Waals surface area contributed by atoms with Gasteiger partial charge in [-0.2, -0.15) is 5.10 Å². The molecule has 1 amide bonds. The summed E-state index contributed by atoms with van der Waals surface area (Å²) in [6.45, 7) is 3.41. The van der Waals surface area contributed by atoms with Crippen molar-refractivity contribution in [2.75, 3.05) is 31.9 Å². The second kappa shape index (κ2) is 7.85. The van der Waals surface area contributed by atoms with E-state index >= 15 is 0 Å². The molecule has 3 aromatic heterocycles. The molecule has 1 aromatic carbocycles. The Labute approximate surface area is 177 Å². The van der Waals surface area contributed by atoms with E-state index in [0.717, 1.165) is 34.6 Å². The summed E-state index contributed by atoms with van der Waals surface area (Å²) in [4.78, 5) is 27.1. The van der Waals surface area contributed by atoms with E-state index in [1.807, 2.05) is 52.7 Å². The van der Waals surface area contributed by atoms with Crippen LogP contribution in [0.5, 0.6) is 0 Å². The standard InChI is InChI=1S/C21H21N7OS/c22-20-14-4-1-2-5-15(14)23-19(24-20)13-27-7-9-28(10-8-27)21(29)17-12-16(25-26-17)18-6-3-11-30-18/h1-6,11-12H,7-10,13H2,(H,25,26)(H2,22,23,24). The predicted octanol–water partition coefficient (Wildman–Crippen LogP) is 2.62. The number of piperazine rings is 1. The first-order valence-electron chi connectivity index (χ1n) is 9.79. The van der Waals surface area contributed by atoms with Crippen LogP contribution in [0.1, 0.15) is 16.3 Å². The zero-order chi connectivity index (χ0) is 20.5. The minimum atomic E-state index is -0.0418. The SMILES string of the molecule is Nc1nc(CN2CCN(C(=O)c3cc(-c4cccs4)[nH]n3)CC2)nc2ccccc12. The topological polar surface area (TPSA) is 104 Å². The van der Waals surface area contributed by atoms with E-state index in [0.29, 0.717) is 37.0 Å². The molecule has 0 spiro atoms. The van der Waals surface area contributed by atoms with Crippen LogP contribution in [0.4, 0.5) is 5.82 Å². The third-order valence-electron chi connectivity index (χ3n) is 5.29. The number of fused-ring (bicyclic) bond motifs is 1. The molecule has 1 saturated heterocycles. The summed E-state index contributed by atoms with van der Waals surface area (Å²) < 4.78 is 0. The highest BCUT2D eigenvalue weighted by Gasteiger charge is 2.24. The van der Waals surface area contributed by atoms with E-state index in [1.54, 1.807) is 11.3 Å². The van der Waals surface area contributed by atoms with Crippen LogP contribution in [0.2, 0.25) is 0 Å². The number of anilines is 1. The molecule has 0 unspecified atom stereocenters. The molecule has 4 heterocycles. The molecule has 1 aliphatic rings. The van der Waals surface area contributed by atoms with Crippen molar-refractivity contribution < 1.29 is 4.79 Å². The second-order valence-corrected chi connectivity index (χ2v) is 8.20. The molecule has 30 heavy (non-hydrogen) atoms. The Kier molecular flexibility index (Phi) is 4.89. The van der Waals surface area contributed by atoms with Crippen molar-refractivity contribution in [3.05, 3.63) is 59.4 Å². The number of amides is 1. The number of hydrogen-bond acceptors (Lipinski definition) is 7. The molecule has 0 aliphatic carbocycles. The minimum Gasteiger partial charge on any atom is -0.383 e. The number of nitrogen functional groups attached to an aromatic ring is 1. The Morgan fingerprint density at radius 2 is 1.93 bits per heavy atom. The predicted molar refractivity (Wildman–Crippen MR) is 117 cm³/mol. The Balaban J connectivity index is 1.22. The zero-order valence-corrected chi connectivity index (χ0v) is 17.1. The first-order chi connectivity index (χ1) is 14.7. The molecule has 0 saturated carbocycles. The van der Waals surface area contributed by atoms with E-state index in [9.17, 15) is 4.79 Å². The van der Waals surface area contributed by atoms with Crippen LogP contribution in [0.25, 0.3) is 21.5 Å². The van der Waals surface area contributed by atoms with E-state index in [-0.39, 0.29) is 5.91 Å². The number of para-hydroxylation sites is 1. The van der Waals surface area contributed by atoms with Crippen molar-refractivity contribution in [3.8, 4) is 10.6 Å². The number of nitrogens with one attached hydrogen (secondary N) is 1. The van der Waals surface area contributed by atoms with Crippen molar-refractivity contribution >= 4 is 34.0 Å². The van der Waals surface area contributed by atoms with Gasteiger partial charge in [0.05, 0.1) is 22.6 Å². The van der Waals surface area contributed by atoms with Crippen molar-refractivity contribution in [2.24, 2.45) is 0 Å². The number of H-pyrrole nitrogens is 1. The summed E-state index contributed by atoms with van der Waals surface area (Å²) in [6.07, 6.45) is 0. The van der Waals surface area contributed by atoms with Gasteiger partial charge in [-0.3, -0.25) is 14.8 Å². The largest absolute Gasteiger partial charge is 0.383 e. The fourth-order valence-corrected chi connectivity index (χ4v) is 4.37. The van der Waals surface area contributed by atoms with E-state index in [4.69, 9.17) is 5.73 Å². The number of carbonyl (C=O) groups excluding carboxylic acids is 1. The molecule has 9 heteroatoms. The van der Waals surface area contributed by atoms with Gasteiger partial charge < -0.3 is 10.6 Å². The van der Waals surface area contributed by atoms with E-state index in [2.05, 4.69) is 25.1 Å². The molecule has 8 nitrogen and oxygen atoms in total. The number of nitrogens with zero attached hydrogens (tertiary/aromatic N) is 5. The normalized spacial score (nSPS) is 15.0. The van der Waals surface area contributed by atoms with Gasteiger partial charge in [0.25, 0.3) is 5.91 Å². The molecule has 4 aromatic rings. The van der Waals surface area contributed by atoms with Gasteiger partial charge in [-0.15, -0.1) is 11.3 Å². The minimum absolute atomic E-state index is 0.0418. The highest BCUT2D eigenvalue weighted by molar-refractivity contribution is 7.13. The average Bonchev–Trinajstić information content (AvgIpc) is 3.46. The lowest BCUT2D eigenvalue weighted by Crippen LogP contribution is -2.48. The summed E-state index contributed by atoms with van der Waals surface area (Å²) in [6, 6.07) is 13.6. The van der Waals surface area contributed by atoms with Crippen LogP contribution < -0.4 is 5.73 Å². The van der Waals surface area contributed by atoms with Gasteiger partial charge in [0.1, 0.15) is 11.6 Å². The van der Waals surface area contributed by atoms with Crippen molar-refractivity contribution in [2.45, 2.75) is 6.54 Å². The van der Waals surface area contributed by atoms with Crippen LogP contribution in [0.3, 0.4) is 0 Å². The van der Waals surface area contributed by atoms with Crippen LogP contribution in [-0.4, -0.2) is 62.1 Å². The average molecular weight is 420 g/mol. The molecule has 0 bridgehead atoms. The summed E-state index contributed by atoms with van der Waals surface area (Å²) in [7, 11) is 0. The van der Waals surface area contributed by atoms with Gasteiger partial charge in [-0.1, -0.05) is 18.2 Å². The van der Waals surface area contributed by atoms with Gasteiger partial charge in [0, 0.05) is 31.6 Å². The molecular formula is C21H21N7OS. The fourth-order valence-electron chi connectivity index (χ4n) is 3.68. The Morgan fingerprint density at radius 1 is 1.10 bits per heavy atom. The van der Waals surface area contributed by atoms with Gasteiger partial charge in [0.2, 0.25) is 0 Å². The number of benzene rings is 1. The monoisotopic (exact) mass is 419 g/mol.